The van der Waals surface area contributed by atoms with Gasteiger partial charge in [0.15, 0.2) is 0 Å². The Labute approximate surface area is 235 Å². The lowest BCUT2D eigenvalue weighted by Crippen LogP contribution is -2.30. The summed E-state index contributed by atoms with van der Waals surface area (Å²) in [6, 6.07) is 26.1. The Morgan fingerprint density at radius 1 is 0.897 bits per heavy atom. The molecule has 0 saturated heterocycles. The molecule has 4 rings (SSSR count). The number of halogens is 1. The van der Waals surface area contributed by atoms with E-state index in [2.05, 4.69) is 16.0 Å². The maximum Gasteiger partial charge on any atom is 0.272 e. The number of nitrogens with one attached hydrogen (secondary N) is 3. The van der Waals surface area contributed by atoms with E-state index in [1.165, 1.54) is 24.1 Å². The van der Waals surface area contributed by atoms with Crippen molar-refractivity contribution in [1.29, 1.82) is 0 Å². The third-order valence-corrected chi connectivity index (χ3v) is 7.08. The molecule has 198 valence electrons. The van der Waals surface area contributed by atoms with Crippen molar-refractivity contribution in [1.82, 2.24) is 5.32 Å². The molecule has 0 saturated carbocycles. The summed E-state index contributed by atoms with van der Waals surface area (Å²) in [7, 11) is 0. The molecule has 1 heterocycles. The zero-order chi connectivity index (χ0) is 27.6. The molecule has 3 N–H and O–H groups in total. The molecule has 0 spiro atoms. The van der Waals surface area contributed by atoms with Gasteiger partial charge in [0.25, 0.3) is 11.8 Å². The fraction of sp³-hybridized carbons (Fsp3) is 0.100. The van der Waals surface area contributed by atoms with Crippen molar-refractivity contribution >= 4 is 58.5 Å². The van der Waals surface area contributed by atoms with Crippen molar-refractivity contribution in [2.75, 3.05) is 10.6 Å². The summed E-state index contributed by atoms with van der Waals surface area (Å²) in [6.45, 7) is 1.93. The molecule has 0 fully saturated rings. The van der Waals surface area contributed by atoms with Gasteiger partial charge in [0, 0.05) is 32.9 Å². The number of hydrogen-bond donors (Lipinski definition) is 3. The molecule has 39 heavy (non-hydrogen) atoms. The number of anilines is 2. The van der Waals surface area contributed by atoms with E-state index in [1.54, 1.807) is 84.9 Å². The van der Waals surface area contributed by atoms with Crippen molar-refractivity contribution in [2.24, 2.45) is 0 Å². The summed E-state index contributed by atoms with van der Waals surface area (Å²) >= 11 is 7.41. The lowest BCUT2D eigenvalue weighted by atomic mass is 10.2. The maximum absolute atomic E-state index is 13.2. The molecule has 0 bridgehead atoms. The Hall–Kier alpha value is -4.27. The lowest BCUT2D eigenvalue weighted by Gasteiger charge is -2.16. The number of furan rings is 1. The number of amides is 3. The van der Waals surface area contributed by atoms with Gasteiger partial charge in [0.05, 0.1) is 11.5 Å². The summed E-state index contributed by atoms with van der Waals surface area (Å²) in [5, 5.41) is 8.57. The summed E-state index contributed by atoms with van der Waals surface area (Å²) in [5.41, 5.74) is 1.57. The van der Waals surface area contributed by atoms with Crippen LogP contribution in [0.4, 0.5) is 11.4 Å². The third-order valence-electron chi connectivity index (χ3n) is 5.48. The minimum atomic E-state index is -0.524. The van der Waals surface area contributed by atoms with E-state index >= 15 is 0 Å². The molecule has 1 atom stereocenters. The van der Waals surface area contributed by atoms with Gasteiger partial charge in [-0.2, -0.15) is 0 Å². The Balaban J connectivity index is 1.46. The highest BCUT2D eigenvalue weighted by atomic mass is 35.5. The second-order valence-corrected chi connectivity index (χ2v) is 10.1. The van der Waals surface area contributed by atoms with Crippen molar-refractivity contribution < 1.29 is 18.8 Å². The van der Waals surface area contributed by atoms with E-state index in [0.717, 1.165) is 4.90 Å². The van der Waals surface area contributed by atoms with Crippen LogP contribution in [0.5, 0.6) is 0 Å². The van der Waals surface area contributed by atoms with Crippen LogP contribution in [0.2, 0.25) is 5.02 Å². The van der Waals surface area contributed by atoms with Gasteiger partial charge in [-0.3, -0.25) is 14.4 Å². The summed E-state index contributed by atoms with van der Waals surface area (Å²) in [6.07, 6.45) is 3.53. The molecule has 0 aliphatic heterocycles. The lowest BCUT2D eigenvalue weighted by molar-refractivity contribution is -0.116. The molecule has 1 unspecified atom stereocenters. The Bertz CT molecular complexity index is 1470. The first kappa shape index (κ1) is 27.8. The normalized spacial score (nSPS) is 11.9. The van der Waals surface area contributed by atoms with E-state index in [4.69, 9.17) is 16.0 Å². The monoisotopic (exact) mass is 559 g/mol. The average Bonchev–Trinajstić information content (AvgIpc) is 3.45. The van der Waals surface area contributed by atoms with E-state index in [-0.39, 0.29) is 16.9 Å². The molecule has 0 aliphatic carbocycles. The number of carbonyl (C=O) groups excluding carboxylic acids is 3. The summed E-state index contributed by atoms with van der Waals surface area (Å²) < 4.78 is 5.34. The van der Waals surface area contributed by atoms with Gasteiger partial charge in [-0.25, -0.2) is 0 Å². The van der Waals surface area contributed by atoms with Gasteiger partial charge in [-0.1, -0.05) is 48.9 Å². The Morgan fingerprint density at radius 2 is 1.64 bits per heavy atom. The highest BCUT2D eigenvalue weighted by Crippen LogP contribution is 2.29. The highest BCUT2D eigenvalue weighted by Gasteiger charge is 2.19. The van der Waals surface area contributed by atoms with Crippen molar-refractivity contribution in [3.63, 3.8) is 0 Å². The van der Waals surface area contributed by atoms with Crippen LogP contribution in [0, 0.1) is 0 Å². The minimum absolute atomic E-state index is 0.0178. The molecular weight excluding hydrogens is 534 g/mol. The van der Waals surface area contributed by atoms with E-state index < -0.39 is 11.8 Å². The van der Waals surface area contributed by atoms with Gasteiger partial charge >= 0.3 is 0 Å². The molecule has 1 aromatic heterocycles. The van der Waals surface area contributed by atoms with Crippen LogP contribution >= 0.6 is 23.4 Å². The van der Waals surface area contributed by atoms with Gasteiger partial charge < -0.3 is 20.4 Å². The van der Waals surface area contributed by atoms with Crippen LogP contribution < -0.4 is 16.0 Å². The zero-order valence-corrected chi connectivity index (χ0v) is 22.6. The molecule has 3 aromatic carbocycles. The van der Waals surface area contributed by atoms with E-state index in [0.29, 0.717) is 34.1 Å². The molecule has 0 aliphatic rings. The molecule has 4 aromatic rings. The summed E-state index contributed by atoms with van der Waals surface area (Å²) in [4.78, 5) is 39.6. The van der Waals surface area contributed by atoms with Crippen LogP contribution in [0.3, 0.4) is 0 Å². The van der Waals surface area contributed by atoms with Crippen LogP contribution in [-0.2, 0) is 9.59 Å². The zero-order valence-electron chi connectivity index (χ0n) is 21.0. The molecular formula is C30H26ClN3O4S. The Kier molecular flexibility index (Phi) is 9.61. The topological polar surface area (TPSA) is 100 Å². The molecule has 0 radical (unpaired) electrons. The van der Waals surface area contributed by atoms with Crippen molar-refractivity contribution in [2.45, 2.75) is 23.5 Å². The average molecular weight is 560 g/mol. The highest BCUT2D eigenvalue weighted by molar-refractivity contribution is 8.00. The number of hydrogen-bond acceptors (Lipinski definition) is 5. The Morgan fingerprint density at radius 3 is 2.33 bits per heavy atom. The third kappa shape index (κ3) is 8.10. The predicted octanol–water partition coefficient (Wildman–Crippen LogP) is 6.85. The number of rotatable bonds is 10. The van der Waals surface area contributed by atoms with Gasteiger partial charge in [0.2, 0.25) is 5.91 Å². The maximum atomic E-state index is 13.2. The standard InChI is InChI=1S/C30H26ClN3O4S/c1-2-27(30(37)33-22-12-6-11-21(31)17-22)39-25-15-7-13-23(18-25)32-29(36)26(19-24-14-8-16-38-24)34-28(35)20-9-4-3-5-10-20/h3-19,27H,2H2,1H3,(H,32,36)(H,33,37)(H,34,35)/b26-19-. The fourth-order valence-corrected chi connectivity index (χ4v) is 4.78. The predicted molar refractivity (Wildman–Crippen MR) is 156 cm³/mol. The largest absolute Gasteiger partial charge is 0.465 e. The molecule has 3 amide bonds. The van der Waals surface area contributed by atoms with E-state index in [1.807, 2.05) is 13.0 Å². The second-order valence-electron chi connectivity index (χ2n) is 8.39. The summed E-state index contributed by atoms with van der Waals surface area (Å²) in [5.74, 6) is -0.686. The first-order valence-corrected chi connectivity index (χ1v) is 13.4. The number of carbonyl (C=O) groups is 3. The number of thioether (sulfide) groups is 1. The quantitative estimate of drug-likeness (QED) is 0.146. The first-order chi connectivity index (χ1) is 18.9. The molecule has 9 heteroatoms. The first-order valence-electron chi connectivity index (χ1n) is 12.2. The van der Waals surface area contributed by atoms with Crippen LogP contribution in [0.1, 0.15) is 29.5 Å². The van der Waals surface area contributed by atoms with Gasteiger partial charge in [0.1, 0.15) is 11.5 Å². The van der Waals surface area contributed by atoms with Crippen LogP contribution in [-0.4, -0.2) is 23.0 Å². The smallest absolute Gasteiger partial charge is 0.272 e. The van der Waals surface area contributed by atoms with Gasteiger partial charge in [-0.05, 0) is 67.1 Å². The van der Waals surface area contributed by atoms with Crippen molar-refractivity contribution in [3.05, 3.63) is 119 Å². The SMILES string of the molecule is CCC(Sc1cccc(NC(=O)/C(=C/c2ccco2)NC(=O)c2ccccc2)c1)C(=O)Nc1cccc(Cl)c1. The minimum Gasteiger partial charge on any atom is -0.465 e. The van der Waals surface area contributed by atoms with E-state index in [9.17, 15) is 14.4 Å². The molecule has 7 nitrogen and oxygen atoms in total. The van der Waals surface area contributed by atoms with Crippen LogP contribution in [0.15, 0.2) is 112 Å². The van der Waals surface area contributed by atoms with Crippen LogP contribution in [0.25, 0.3) is 6.08 Å². The second kappa shape index (κ2) is 13.5. The van der Waals surface area contributed by atoms with Gasteiger partial charge in [-0.15, -0.1) is 11.8 Å². The van der Waals surface area contributed by atoms with Crippen molar-refractivity contribution in [3.8, 4) is 0 Å². The fourth-order valence-electron chi connectivity index (χ4n) is 3.58. The number of benzene rings is 3.